The summed E-state index contributed by atoms with van der Waals surface area (Å²) in [5.74, 6) is -5.32. The van der Waals surface area contributed by atoms with Crippen molar-refractivity contribution in [2.24, 2.45) is 0 Å². The number of anilines is 1. The van der Waals surface area contributed by atoms with E-state index in [0.29, 0.717) is 30.6 Å². The molecule has 2 aromatic carbocycles. The van der Waals surface area contributed by atoms with Gasteiger partial charge in [0.25, 0.3) is 5.91 Å². The van der Waals surface area contributed by atoms with E-state index >= 15 is 0 Å². The van der Waals surface area contributed by atoms with Gasteiger partial charge in [-0.2, -0.15) is 0 Å². The lowest BCUT2D eigenvalue weighted by molar-refractivity contribution is 0.0979. The summed E-state index contributed by atoms with van der Waals surface area (Å²) in [5.41, 5.74) is 1.37. The van der Waals surface area contributed by atoms with Crippen molar-refractivity contribution in [3.05, 3.63) is 64.5 Å². The third-order valence-electron chi connectivity index (χ3n) is 4.12. The van der Waals surface area contributed by atoms with E-state index in [4.69, 9.17) is 0 Å². The van der Waals surface area contributed by atoms with Crippen molar-refractivity contribution in [1.82, 2.24) is 0 Å². The maximum atomic E-state index is 13.9. The fourth-order valence-corrected chi connectivity index (χ4v) is 2.86. The van der Waals surface area contributed by atoms with Crippen LogP contribution in [0.1, 0.15) is 39.6 Å². The summed E-state index contributed by atoms with van der Waals surface area (Å²) in [4.78, 5) is 25.4. The van der Waals surface area contributed by atoms with E-state index in [1.54, 1.807) is 18.2 Å². The molecule has 1 heterocycles. The van der Waals surface area contributed by atoms with Gasteiger partial charge in [0, 0.05) is 17.8 Å². The fourth-order valence-electron chi connectivity index (χ4n) is 2.86. The Bertz CT molecular complexity index is 848. The molecule has 0 aliphatic carbocycles. The van der Waals surface area contributed by atoms with Gasteiger partial charge in [-0.25, -0.2) is 13.2 Å². The molecule has 0 saturated heterocycles. The van der Waals surface area contributed by atoms with Gasteiger partial charge in [0.15, 0.2) is 23.2 Å². The normalized spacial score (nSPS) is 13.6. The molecule has 1 aliphatic heterocycles. The summed E-state index contributed by atoms with van der Waals surface area (Å²) in [7, 11) is 0. The van der Waals surface area contributed by atoms with Gasteiger partial charge in [-0.05, 0) is 55.7 Å². The minimum absolute atomic E-state index is 0.0899. The number of hydrogen-bond donors (Lipinski definition) is 0. The smallest absolute Gasteiger partial charge is 0.261 e. The number of ketones is 1. The van der Waals surface area contributed by atoms with Crippen molar-refractivity contribution in [2.75, 3.05) is 11.4 Å². The SMILES string of the molecule is CC(=O)c1ccc2c(c1)CCCN2C(=O)c1ccc(F)c(F)c1F. The summed E-state index contributed by atoms with van der Waals surface area (Å²) in [6, 6.07) is 6.59. The Labute approximate surface area is 136 Å². The highest BCUT2D eigenvalue weighted by Crippen LogP contribution is 2.30. The molecule has 0 N–H and O–H groups in total. The standard InChI is InChI=1S/C18H14F3NO2/c1-10(23)11-4-7-15-12(9-11)3-2-8-22(15)18(24)13-5-6-14(19)17(21)16(13)20/h4-7,9H,2-3,8H2,1H3. The molecule has 0 spiro atoms. The molecule has 0 atom stereocenters. The van der Waals surface area contributed by atoms with Gasteiger partial charge in [-0.1, -0.05) is 0 Å². The molecule has 24 heavy (non-hydrogen) atoms. The van der Waals surface area contributed by atoms with Crippen molar-refractivity contribution >= 4 is 17.4 Å². The summed E-state index contributed by atoms with van der Waals surface area (Å²) < 4.78 is 40.4. The van der Waals surface area contributed by atoms with Crippen LogP contribution in [0.3, 0.4) is 0 Å². The number of Topliss-reactive ketones (excluding diaryl/α,β-unsaturated/α-hetero) is 1. The van der Waals surface area contributed by atoms with Gasteiger partial charge in [-0.3, -0.25) is 9.59 Å². The second kappa shape index (κ2) is 6.11. The molecule has 6 heteroatoms. The van der Waals surface area contributed by atoms with Crippen LogP contribution in [0, 0.1) is 17.5 Å². The van der Waals surface area contributed by atoms with Crippen LogP contribution in [-0.4, -0.2) is 18.2 Å². The first-order valence-corrected chi connectivity index (χ1v) is 7.49. The predicted octanol–water partition coefficient (Wildman–Crippen LogP) is 3.90. The fraction of sp³-hybridized carbons (Fsp3) is 0.222. The highest BCUT2D eigenvalue weighted by atomic mass is 19.2. The number of halogens is 3. The quantitative estimate of drug-likeness (QED) is 0.617. The number of carbonyl (C=O) groups excluding carboxylic acids is 2. The van der Waals surface area contributed by atoms with Gasteiger partial charge in [-0.15, -0.1) is 0 Å². The van der Waals surface area contributed by atoms with Crippen LogP contribution >= 0.6 is 0 Å². The topological polar surface area (TPSA) is 37.4 Å². The zero-order valence-corrected chi connectivity index (χ0v) is 12.9. The van der Waals surface area contributed by atoms with E-state index in [1.165, 1.54) is 11.8 Å². The molecule has 1 amide bonds. The highest BCUT2D eigenvalue weighted by Gasteiger charge is 2.27. The molecule has 0 bridgehead atoms. The number of hydrogen-bond acceptors (Lipinski definition) is 2. The molecule has 0 saturated carbocycles. The molecule has 0 unspecified atom stereocenters. The van der Waals surface area contributed by atoms with Crippen LogP contribution in [0.25, 0.3) is 0 Å². The van der Waals surface area contributed by atoms with Gasteiger partial charge in [0.05, 0.1) is 5.56 Å². The van der Waals surface area contributed by atoms with Crippen molar-refractivity contribution in [1.29, 1.82) is 0 Å². The molecule has 3 nitrogen and oxygen atoms in total. The highest BCUT2D eigenvalue weighted by molar-refractivity contribution is 6.07. The molecule has 3 rings (SSSR count). The number of benzene rings is 2. The van der Waals surface area contributed by atoms with Crippen LogP contribution in [0.4, 0.5) is 18.9 Å². The molecule has 2 aromatic rings. The van der Waals surface area contributed by atoms with Crippen molar-refractivity contribution in [3.63, 3.8) is 0 Å². The predicted molar refractivity (Wildman–Crippen MR) is 82.8 cm³/mol. The number of aryl methyl sites for hydroxylation is 1. The number of nitrogens with zero attached hydrogens (tertiary/aromatic N) is 1. The maximum absolute atomic E-state index is 13.9. The second-order valence-electron chi connectivity index (χ2n) is 5.68. The van der Waals surface area contributed by atoms with E-state index in [9.17, 15) is 22.8 Å². The summed E-state index contributed by atoms with van der Waals surface area (Å²) >= 11 is 0. The zero-order valence-electron chi connectivity index (χ0n) is 12.9. The number of carbonyl (C=O) groups is 2. The van der Waals surface area contributed by atoms with Crippen molar-refractivity contribution in [2.45, 2.75) is 19.8 Å². The minimum atomic E-state index is -1.66. The number of rotatable bonds is 2. The summed E-state index contributed by atoms with van der Waals surface area (Å²) in [5, 5.41) is 0. The molecule has 0 radical (unpaired) electrons. The van der Waals surface area contributed by atoms with Crippen LogP contribution in [0.2, 0.25) is 0 Å². The second-order valence-corrected chi connectivity index (χ2v) is 5.68. The summed E-state index contributed by atoms with van der Waals surface area (Å²) in [6.45, 7) is 1.79. The van der Waals surface area contributed by atoms with Crippen molar-refractivity contribution < 1.29 is 22.8 Å². The van der Waals surface area contributed by atoms with E-state index in [0.717, 1.165) is 17.7 Å². The monoisotopic (exact) mass is 333 g/mol. The van der Waals surface area contributed by atoms with Crippen LogP contribution in [0.5, 0.6) is 0 Å². The van der Waals surface area contributed by atoms with Crippen LogP contribution < -0.4 is 4.90 Å². The molecular weight excluding hydrogens is 319 g/mol. The molecule has 1 aliphatic rings. The Balaban J connectivity index is 2.02. The Morgan fingerprint density at radius 3 is 2.50 bits per heavy atom. The average Bonchev–Trinajstić information content (AvgIpc) is 2.58. The minimum Gasteiger partial charge on any atom is -0.308 e. The molecule has 0 aromatic heterocycles. The van der Waals surface area contributed by atoms with Crippen molar-refractivity contribution in [3.8, 4) is 0 Å². The third kappa shape index (κ3) is 2.68. The Morgan fingerprint density at radius 1 is 1.04 bits per heavy atom. The van der Waals surface area contributed by atoms with Gasteiger partial charge in [0.2, 0.25) is 0 Å². The summed E-state index contributed by atoms with van der Waals surface area (Å²) in [6.07, 6.45) is 1.31. The van der Waals surface area contributed by atoms with Crippen LogP contribution in [0.15, 0.2) is 30.3 Å². The van der Waals surface area contributed by atoms with E-state index in [1.807, 2.05) is 0 Å². The Kier molecular flexibility index (Phi) is 4.13. The van der Waals surface area contributed by atoms with E-state index < -0.39 is 28.9 Å². The lowest BCUT2D eigenvalue weighted by Crippen LogP contribution is -2.36. The van der Waals surface area contributed by atoms with Gasteiger partial charge < -0.3 is 4.90 Å². The number of fused-ring (bicyclic) bond motifs is 1. The first-order valence-electron chi connectivity index (χ1n) is 7.49. The number of amides is 1. The first-order chi connectivity index (χ1) is 11.4. The third-order valence-corrected chi connectivity index (χ3v) is 4.12. The zero-order chi connectivity index (χ0) is 17.4. The van der Waals surface area contributed by atoms with Crippen LogP contribution in [-0.2, 0) is 6.42 Å². The lowest BCUT2D eigenvalue weighted by atomic mass is 9.97. The Morgan fingerprint density at radius 2 is 1.79 bits per heavy atom. The molecule has 0 fully saturated rings. The lowest BCUT2D eigenvalue weighted by Gasteiger charge is -2.30. The van der Waals surface area contributed by atoms with Gasteiger partial charge in [0.1, 0.15) is 0 Å². The first kappa shape index (κ1) is 16.2. The largest absolute Gasteiger partial charge is 0.308 e. The average molecular weight is 333 g/mol. The Hall–Kier alpha value is -2.63. The van der Waals surface area contributed by atoms with E-state index in [-0.39, 0.29) is 5.78 Å². The molecule has 124 valence electrons. The van der Waals surface area contributed by atoms with Gasteiger partial charge >= 0.3 is 0 Å². The molecular formula is C18H14F3NO2. The maximum Gasteiger partial charge on any atom is 0.261 e. The van der Waals surface area contributed by atoms with E-state index in [2.05, 4.69) is 0 Å².